The van der Waals surface area contributed by atoms with Gasteiger partial charge in [0.05, 0.1) is 0 Å². The minimum absolute atomic E-state index is 0.884. The highest BCUT2D eigenvalue weighted by atomic mass is 15.0. The van der Waals surface area contributed by atoms with Crippen molar-refractivity contribution in [3.63, 3.8) is 0 Å². The first-order valence-corrected chi connectivity index (χ1v) is 6.69. The van der Waals surface area contributed by atoms with Crippen LogP contribution < -0.4 is 5.32 Å². The standard InChI is InChI=1S/C13H23N/c1-2-4-12(5-3-1)14-13(10-6-7-10)11-8-9-11/h10-14H,1-9H2. The summed E-state index contributed by atoms with van der Waals surface area (Å²) in [5.74, 6) is 2.15. The van der Waals surface area contributed by atoms with Crippen LogP contribution in [0.25, 0.3) is 0 Å². The lowest BCUT2D eigenvalue weighted by atomic mass is 9.93. The van der Waals surface area contributed by atoms with Crippen molar-refractivity contribution >= 4 is 0 Å². The molecular weight excluding hydrogens is 170 g/mol. The van der Waals surface area contributed by atoms with Crippen LogP contribution in [0, 0.1) is 11.8 Å². The molecule has 3 aliphatic carbocycles. The third-order valence-corrected chi connectivity index (χ3v) is 4.29. The second-order valence-electron chi connectivity index (χ2n) is 5.70. The van der Waals surface area contributed by atoms with Crippen LogP contribution in [-0.2, 0) is 0 Å². The van der Waals surface area contributed by atoms with Crippen molar-refractivity contribution in [3.05, 3.63) is 0 Å². The lowest BCUT2D eigenvalue weighted by Gasteiger charge is -2.28. The molecule has 0 radical (unpaired) electrons. The first kappa shape index (κ1) is 9.21. The van der Waals surface area contributed by atoms with Gasteiger partial charge in [-0.3, -0.25) is 0 Å². The van der Waals surface area contributed by atoms with Crippen molar-refractivity contribution in [1.29, 1.82) is 0 Å². The fraction of sp³-hybridized carbons (Fsp3) is 1.00. The monoisotopic (exact) mass is 193 g/mol. The quantitative estimate of drug-likeness (QED) is 0.723. The fourth-order valence-corrected chi connectivity index (χ4v) is 3.11. The molecule has 0 unspecified atom stereocenters. The normalized spacial score (nSPS) is 29.8. The number of hydrogen-bond donors (Lipinski definition) is 1. The van der Waals surface area contributed by atoms with Gasteiger partial charge >= 0.3 is 0 Å². The molecule has 0 atom stereocenters. The second-order valence-corrected chi connectivity index (χ2v) is 5.70. The van der Waals surface area contributed by atoms with E-state index in [2.05, 4.69) is 5.32 Å². The molecule has 1 nitrogen and oxygen atoms in total. The smallest absolute Gasteiger partial charge is 0.0126 e. The average Bonchev–Trinajstić information content (AvgIpc) is 3.08. The fourth-order valence-electron chi connectivity index (χ4n) is 3.11. The molecule has 0 bridgehead atoms. The van der Waals surface area contributed by atoms with E-state index in [1.54, 1.807) is 0 Å². The Hall–Kier alpha value is -0.0400. The van der Waals surface area contributed by atoms with Crippen LogP contribution in [0.5, 0.6) is 0 Å². The third kappa shape index (κ3) is 2.13. The predicted octanol–water partition coefficient (Wildman–Crippen LogP) is 3.10. The van der Waals surface area contributed by atoms with Gasteiger partial charge in [-0.1, -0.05) is 19.3 Å². The first-order valence-electron chi connectivity index (χ1n) is 6.69. The van der Waals surface area contributed by atoms with Gasteiger partial charge in [0.25, 0.3) is 0 Å². The Balaban J connectivity index is 1.52. The van der Waals surface area contributed by atoms with E-state index in [-0.39, 0.29) is 0 Å². The van der Waals surface area contributed by atoms with E-state index < -0.39 is 0 Å². The highest BCUT2D eigenvalue weighted by molar-refractivity contribution is 4.97. The summed E-state index contributed by atoms with van der Waals surface area (Å²) >= 11 is 0. The van der Waals surface area contributed by atoms with Crippen molar-refractivity contribution in [1.82, 2.24) is 5.32 Å². The maximum absolute atomic E-state index is 3.98. The molecular formula is C13H23N. The summed E-state index contributed by atoms with van der Waals surface area (Å²) in [6.45, 7) is 0. The molecule has 0 amide bonds. The minimum Gasteiger partial charge on any atom is -0.311 e. The van der Waals surface area contributed by atoms with Crippen LogP contribution in [0.3, 0.4) is 0 Å². The molecule has 0 aromatic heterocycles. The number of hydrogen-bond acceptors (Lipinski definition) is 1. The lowest BCUT2D eigenvalue weighted by molar-refractivity contribution is 0.301. The van der Waals surface area contributed by atoms with Crippen LogP contribution in [0.1, 0.15) is 57.8 Å². The molecule has 0 aromatic carbocycles. The third-order valence-electron chi connectivity index (χ3n) is 4.29. The van der Waals surface area contributed by atoms with Crippen molar-refractivity contribution in [2.24, 2.45) is 11.8 Å². The van der Waals surface area contributed by atoms with E-state index >= 15 is 0 Å². The summed E-state index contributed by atoms with van der Waals surface area (Å²) in [6, 6.07) is 1.81. The molecule has 0 aliphatic heterocycles. The van der Waals surface area contributed by atoms with Crippen molar-refractivity contribution in [2.75, 3.05) is 0 Å². The molecule has 1 heteroatoms. The van der Waals surface area contributed by atoms with E-state index in [4.69, 9.17) is 0 Å². The van der Waals surface area contributed by atoms with Crippen LogP contribution in [0.2, 0.25) is 0 Å². The molecule has 3 saturated carbocycles. The molecule has 14 heavy (non-hydrogen) atoms. The number of nitrogens with one attached hydrogen (secondary N) is 1. The Bertz CT molecular complexity index is 175. The Kier molecular flexibility index (Phi) is 2.53. The Labute approximate surface area is 87.7 Å². The van der Waals surface area contributed by atoms with Crippen molar-refractivity contribution in [3.8, 4) is 0 Å². The number of rotatable bonds is 4. The van der Waals surface area contributed by atoms with Crippen LogP contribution in [0.4, 0.5) is 0 Å². The minimum atomic E-state index is 0.884. The summed E-state index contributed by atoms with van der Waals surface area (Å²) < 4.78 is 0. The van der Waals surface area contributed by atoms with Gasteiger partial charge in [0.2, 0.25) is 0 Å². The molecule has 0 saturated heterocycles. The van der Waals surface area contributed by atoms with Crippen LogP contribution in [0.15, 0.2) is 0 Å². The zero-order valence-electron chi connectivity index (χ0n) is 9.17. The van der Waals surface area contributed by atoms with Gasteiger partial charge in [-0.25, -0.2) is 0 Å². The van der Waals surface area contributed by atoms with E-state index in [9.17, 15) is 0 Å². The molecule has 3 aliphatic rings. The molecule has 80 valence electrons. The summed E-state index contributed by atoms with van der Waals surface area (Å²) in [5.41, 5.74) is 0. The second kappa shape index (κ2) is 3.84. The molecule has 1 N–H and O–H groups in total. The van der Waals surface area contributed by atoms with Gasteiger partial charge in [0.15, 0.2) is 0 Å². The summed E-state index contributed by atoms with van der Waals surface area (Å²) in [6.07, 6.45) is 13.4. The van der Waals surface area contributed by atoms with Crippen LogP contribution >= 0.6 is 0 Å². The maximum Gasteiger partial charge on any atom is 0.0126 e. The molecule has 3 rings (SSSR count). The zero-order valence-corrected chi connectivity index (χ0v) is 9.17. The molecule has 0 aromatic rings. The lowest BCUT2D eigenvalue weighted by Crippen LogP contribution is -2.42. The summed E-state index contributed by atoms with van der Waals surface area (Å²) in [4.78, 5) is 0. The average molecular weight is 193 g/mol. The molecule has 0 heterocycles. The van der Waals surface area contributed by atoms with Gasteiger partial charge in [-0.2, -0.15) is 0 Å². The summed E-state index contributed by atoms with van der Waals surface area (Å²) in [5, 5.41) is 3.98. The molecule has 0 spiro atoms. The Morgan fingerprint density at radius 3 is 1.79 bits per heavy atom. The highest BCUT2D eigenvalue weighted by Gasteiger charge is 2.42. The maximum atomic E-state index is 3.98. The van der Waals surface area contributed by atoms with Gasteiger partial charge in [0, 0.05) is 12.1 Å². The van der Waals surface area contributed by atoms with Gasteiger partial charge < -0.3 is 5.32 Å². The van der Waals surface area contributed by atoms with E-state index in [0.29, 0.717) is 0 Å². The van der Waals surface area contributed by atoms with Gasteiger partial charge in [-0.05, 0) is 50.4 Å². The van der Waals surface area contributed by atoms with Gasteiger partial charge in [0.1, 0.15) is 0 Å². The van der Waals surface area contributed by atoms with Crippen LogP contribution in [-0.4, -0.2) is 12.1 Å². The first-order chi connectivity index (χ1) is 6.93. The largest absolute Gasteiger partial charge is 0.311 e. The predicted molar refractivity (Wildman–Crippen MR) is 59.2 cm³/mol. The Morgan fingerprint density at radius 2 is 1.29 bits per heavy atom. The van der Waals surface area contributed by atoms with Gasteiger partial charge in [-0.15, -0.1) is 0 Å². The topological polar surface area (TPSA) is 12.0 Å². The van der Waals surface area contributed by atoms with E-state index in [1.807, 2.05) is 0 Å². The SMILES string of the molecule is C1CCC(NC(C2CC2)C2CC2)CC1. The zero-order chi connectivity index (χ0) is 9.38. The highest BCUT2D eigenvalue weighted by Crippen LogP contribution is 2.45. The van der Waals surface area contributed by atoms with Crippen molar-refractivity contribution < 1.29 is 0 Å². The molecule has 3 fully saturated rings. The van der Waals surface area contributed by atoms with Crippen molar-refractivity contribution in [2.45, 2.75) is 69.9 Å². The van der Waals surface area contributed by atoms with E-state index in [0.717, 1.165) is 23.9 Å². The summed E-state index contributed by atoms with van der Waals surface area (Å²) in [7, 11) is 0. The Morgan fingerprint density at radius 1 is 0.714 bits per heavy atom. The van der Waals surface area contributed by atoms with E-state index in [1.165, 1.54) is 57.8 Å².